The molecule has 0 aromatic heterocycles. The van der Waals surface area contributed by atoms with E-state index < -0.39 is 0 Å². The number of hydrogen-bond donors (Lipinski definition) is 1. The highest BCUT2D eigenvalue weighted by molar-refractivity contribution is 5.66. The number of rotatable bonds is 3. The van der Waals surface area contributed by atoms with Gasteiger partial charge in [0.25, 0.3) is 0 Å². The molecule has 0 heterocycles. The van der Waals surface area contributed by atoms with Crippen molar-refractivity contribution in [2.75, 3.05) is 5.73 Å². The Morgan fingerprint density at radius 2 is 1.71 bits per heavy atom. The first kappa shape index (κ1) is 11.3. The lowest BCUT2D eigenvalue weighted by Gasteiger charge is -2.04. The van der Waals surface area contributed by atoms with Crippen molar-refractivity contribution < 1.29 is 0 Å². The van der Waals surface area contributed by atoms with E-state index in [0.29, 0.717) is 0 Å². The fourth-order valence-corrected chi connectivity index (χ4v) is 1.60. The molecule has 17 heavy (non-hydrogen) atoms. The molecular formula is C14H15N3. The van der Waals surface area contributed by atoms with Crippen molar-refractivity contribution in [1.82, 2.24) is 0 Å². The lowest BCUT2D eigenvalue weighted by molar-refractivity contribution is 1.13. The minimum Gasteiger partial charge on any atom is -0.397 e. The Kier molecular flexibility index (Phi) is 3.50. The third-order valence-electron chi connectivity index (χ3n) is 2.58. The van der Waals surface area contributed by atoms with Crippen LogP contribution in [0.25, 0.3) is 0 Å². The number of azo groups is 1. The number of nitrogens with two attached hydrogens (primary N) is 1. The van der Waals surface area contributed by atoms with Gasteiger partial charge < -0.3 is 5.73 Å². The van der Waals surface area contributed by atoms with E-state index in [1.807, 2.05) is 48.5 Å². The molecule has 0 bridgehead atoms. The van der Waals surface area contributed by atoms with Crippen LogP contribution in [0.3, 0.4) is 0 Å². The van der Waals surface area contributed by atoms with Crippen LogP contribution in [0.2, 0.25) is 0 Å². The number of anilines is 1. The van der Waals surface area contributed by atoms with Gasteiger partial charge >= 0.3 is 0 Å². The van der Waals surface area contributed by atoms with Crippen molar-refractivity contribution in [3.05, 3.63) is 54.1 Å². The Morgan fingerprint density at radius 1 is 0.941 bits per heavy atom. The predicted octanol–water partition coefficient (Wildman–Crippen LogP) is 4.25. The van der Waals surface area contributed by atoms with E-state index in [1.165, 1.54) is 0 Å². The topological polar surface area (TPSA) is 50.7 Å². The van der Waals surface area contributed by atoms with Crippen molar-refractivity contribution in [2.24, 2.45) is 10.2 Å². The molecule has 0 saturated heterocycles. The van der Waals surface area contributed by atoms with Crippen LogP contribution in [0.15, 0.2) is 58.8 Å². The molecule has 2 aromatic rings. The molecule has 0 saturated carbocycles. The van der Waals surface area contributed by atoms with Crippen molar-refractivity contribution in [3.63, 3.8) is 0 Å². The van der Waals surface area contributed by atoms with E-state index in [4.69, 9.17) is 5.73 Å². The molecule has 86 valence electrons. The average Bonchev–Trinajstić information content (AvgIpc) is 2.39. The Labute approximate surface area is 101 Å². The highest BCUT2D eigenvalue weighted by Crippen LogP contribution is 2.27. The predicted molar refractivity (Wildman–Crippen MR) is 70.9 cm³/mol. The number of aryl methyl sites for hydroxylation is 1. The number of nitrogens with zero attached hydrogens (tertiary/aromatic N) is 2. The van der Waals surface area contributed by atoms with Crippen LogP contribution in [-0.2, 0) is 6.42 Å². The van der Waals surface area contributed by atoms with E-state index in [0.717, 1.165) is 29.0 Å². The minimum atomic E-state index is 0.717. The summed E-state index contributed by atoms with van der Waals surface area (Å²) in [7, 11) is 0. The summed E-state index contributed by atoms with van der Waals surface area (Å²) < 4.78 is 0. The summed E-state index contributed by atoms with van der Waals surface area (Å²) in [6.07, 6.45) is 0.903. The minimum absolute atomic E-state index is 0.717. The molecule has 0 unspecified atom stereocenters. The quantitative estimate of drug-likeness (QED) is 0.616. The summed E-state index contributed by atoms with van der Waals surface area (Å²) in [5.41, 5.74) is 9.38. The Bertz CT molecular complexity index is 518. The molecule has 0 amide bonds. The van der Waals surface area contributed by atoms with Crippen molar-refractivity contribution in [2.45, 2.75) is 13.3 Å². The summed E-state index contributed by atoms with van der Waals surface area (Å²) in [6, 6.07) is 15.5. The molecule has 3 nitrogen and oxygen atoms in total. The summed E-state index contributed by atoms with van der Waals surface area (Å²) in [4.78, 5) is 0. The first-order valence-corrected chi connectivity index (χ1v) is 5.65. The Hall–Kier alpha value is -2.16. The zero-order valence-corrected chi connectivity index (χ0v) is 9.80. The largest absolute Gasteiger partial charge is 0.397 e. The summed E-state index contributed by atoms with van der Waals surface area (Å²) in [5.74, 6) is 0. The molecule has 0 aliphatic heterocycles. The monoisotopic (exact) mass is 225 g/mol. The number of hydrogen-bond acceptors (Lipinski definition) is 3. The molecule has 3 heteroatoms. The molecular weight excluding hydrogens is 210 g/mol. The Morgan fingerprint density at radius 3 is 2.41 bits per heavy atom. The smallest absolute Gasteiger partial charge is 0.109 e. The molecule has 0 aliphatic carbocycles. The normalized spacial score (nSPS) is 10.9. The summed E-state index contributed by atoms with van der Waals surface area (Å²) in [5, 5.41) is 8.34. The van der Waals surface area contributed by atoms with Gasteiger partial charge in [-0.05, 0) is 30.2 Å². The average molecular weight is 225 g/mol. The number of nitrogen functional groups attached to an aromatic ring is 1. The van der Waals surface area contributed by atoms with E-state index in [9.17, 15) is 0 Å². The fraction of sp³-hybridized carbons (Fsp3) is 0.143. The fourth-order valence-electron chi connectivity index (χ4n) is 1.60. The summed E-state index contributed by atoms with van der Waals surface area (Å²) in [6.45, 7) is 2.07. The van der Waals surface area contributed by atoms with Crippen LogP contribution in [0.4, 0.5) is 17.1 Å². The van der Waals surface area contributed by atoms with Gasteiger partial charge in [0.15, 0.2) is 0 Å². The second-order valence-electron chi connectivity index (χ2n) is 3.74. The molecule has 0 spiro atoms. The van der Waals surface area contributed by atoms with Gasteiger partial charge in [-0.2, -0.15) is 5.11 Å². The van der Waals surface area contributed by atoms with Gasteiger partial charge in [-0.15, -0.1) is 5.11 Å². The van der Waals surface area contributed by atoms with Crippen LogP contribution in [0, 0.1) is 0 Å². The molecule has 0 radical (unpaired) electrons. The second-order valence-corrected chi connectivity index (χ2v) is 3.74. The number of benzene rings is 2. The van der Waals surface area contributed by atoms with Crippen LogP contribution in [0.5, 0.6) is 0 Å². The lowest BCUT2D eigenvalue weighted by atomic mass is 10.1. The molecule has 2 rings (SSSR count). The molecule has 0 aliphatic rings. The second kappa shape index (κ2) is 5.25. The van der Waals surface area contributed by atoms with Crippen molar-refractivity contribution >= 4 is 17.1 Å². The van der Waals surface area contributed by atoms with Gasteiger partial charge in [-0.3, -0.25) is 0 Å². The molecule has 0 fully saturated rings. The van der Waals surface area contributed by atoms with E-state index in [2.05, 4.69) is 17.2 Å². The molecule has 2 N–H and O–H groups in total. The maximum Gasteiger partial charge on any atom is 0.109 e. The van der Waals surface area contributed by atoms with Gasteiger partial charge in [0.05, 0.1) is 11.4 Å². The van der Waals surface area contributed by atoms with E-state index >= 15 is 0 Å². The lowest BCUT2D eigenvalue weighted by Crippen LogP contribution is -1.92. The first-order valence-electron chi connectivity index (χ1n) is 5.65. The van der Waals surface area contributed by atoms with Crippen LogP contribution in [-0.4, -0.2) is 0 Å². The molecule has 2 aromatic carbocycles. The standard InChI is InChI=1S/C14H15N3/c1-2-11-7-6-10-13(14(11)15)17-16-12-8-4-3-5-9-12/h3-10H,2,15H2,1H3. The van der Waals surface area contributed by atoms with Crippen LogP contribution < -0.4 is 5.73 Å². The maximum absolute atomic E-state index is 6.00. The maximum atomic E-state index is 6.00. The first-order chi connectivity index (χ1) is 8.31. The highest BCUT2D eigenvalue weighted by atomic mass is 15.1. The van der Waals surface area contributed by atoms with Crippen LogP contribution >= 0.6 is 0 Å². The zero-order valence-electron chi connectivity index (χ0n) is 9.80. The SMILES string of the molecule is CCc1cccc(N=Nc2ccccc2)c1N. The number of para-hydroxylation sites is 1. The van der Waals surface area contributed by atoms with Gasteiger partial charge in [-0.25, -0.2) is 0 Å². The van der Waals surface area contributed by atoms with Gasteiger partial charge in [0.2, 0.25) is 0 Å². The zero-order chi connectivity index (χ0) is 12.1. The third-order valence-corrected chi connectivity index (χ3v) is 2.58. The van der Waals surface area contributed by atoms with Gasteiger partial charge in [0.1, 0.15) is 5.69 Å². The van der Waals surface area contributed by atoms with Crippen LogP contribution in [0.1, 0.15) is 12.5 Å². The van der Waals surface area contributed by atoms with Gasteiger partial charge in [-0.1, -0.05) is 37.3 Å². The highest BCUT2D eigenvalue weighted by Gasteiger charge is 2.01. The van der Waals surface area contributed by atoms with Crippen molar-refractivity contribution in [3.8, 4) is 0 Å². The molecule has 0 atom stereocenters. The van der Waals surface area contributed by atoms with E-state index in [-0.39, 0.29) is 0 Å². The third kappa shape index (κ3) is 2.69. The Balaban J connectivity index is 2.28. The summed E-state index contributed by atoms with van der Waals surface area (Å²) >= 11 is 0. The van der Waals surface area contributed by atoms with Gasteiger partial charge in [0, 0.05) is 0 Å². The van der Waals surface area contributed by atoms with Crippen molar-refractivity contribution in [1.29, 1.82) is 0 Å². The van der Waals surface area contributed by atoms with E-state index in [1.54, 1.807) is 0 Å².